The van der Waals surface area contributed by atoms with Crippen LogP contribution in [0.1, 0.15) is 27.7 Å². The molecule has 0 aromatic rings. The fourth-order valence-electron chi connectivity index (χ4n) is 0.204. The number of carbonyl (C=O) groups is 1. The molecule has 5 nitrogen and oxygen atoms in total. The van der Waals surface area contributed by atoms with E-state index in [0.717, 1.165) is 13.2 Å². The zero-order valence-corrected chi connectivity index (χ0v) is 10.2. The molecule has 14 heavy (non-hydrogen) atoms. The van der Waals surface area contributed by atoms with Crippen LogP contribution >= 0.6 is 0 Å². The number of rotatable bonds is 2. The SMILES string of the molecule is CC(C)=O.CCOCC.CS(=O)(=O)O. The Morgan fingerprint density at radius 1 is 1.21 bits per heavy atom. The third-order valence-electron chi connectivity index (χ3n) is 0.408. The molecule has 0 radical (unpaired) electrons. The van der Waals surface area contributed by atoms with E-state index in [1.165, 1.54) is 13.8 Å². The highest BCUT2D eigenvalue weighted by Gasteiger charge is 1.81. The first-order valence-corrected chi connectivity index (χ1v) is 5.97. The van der Waals surface area contributed by atoms with Crippen molar-refractivity contribution in [3.63, 3.8) is 0 Å². The van der Waals surface area contributed by atoms with E-state index in [2.05, 4.69) is 0 Å². The third-order valence-corrected chi connectivity index (χ3v) is 0.408. The molecule has 0 heterocycles. The number of ketones is 1. The largest absolute Gasteiger partial charge is 0.382 e. The summed E-state index contributed by atoms with van der Waals surface area (Å²) >= 11 is 0. The molecule has 0 fully saturated rings. The first kappa shape index (κ1) is 19.2. The van der Waals surface area contributed by atoms with Crippen LogP contribution in [0.4, 0.5) is 0 Å². The van der Waals surface area contributed by atoms with Gasteiger partial charge in [0.2, 0.25) is 0 Å². The minimum absolute atomic E-state index is 0.167. The lowest BCUT2D eigenvalue weighted by Gasteiger charge is -1.86. The Hall–Kier alpha value is -0.460. The predicted octanol–water partition coefficient (Wildman–Crippen LogP) is 1.14. The van der Waals surface area contributed by atoms with Crippen LogP contribution in [0.15, 0.2) is 0 Å². The van der Waals surface area contributed by atoms with E-state index in [9.17, 15) is 13.2 Å². The maximum absolute atomic E-state index is 9.44. The number of carbonyl (C=O) groups excluding carboxylic acids is 1. The minimum atomic E-state index is -3.67. The van der Waals surface area contributed by atoms with Crippen molar-refractivity contribution < 1.29 is 22.5 Å². The number of Topliss-reactive ketones (excluding diaryl/α,β-unsaturated/α-hetero) is 1. The summed E-state index contributed by atoms with van der Waals surface area (Å²) in [6.07, 6.45) is 0.715. The molecule has 0 amide bonds. The standard InChI is InChI=1S/C4H10O.C3H6O.CH4O3S/c1-3-5-4-2;1-3(2)4;1-5(2,3)4/h3-4H2,1-2H3;1-2H3;1H3,(H,2,3,4). The van der Waals surface area contributed by atoms with E-state index >= 15 is 0 Å². The second-order valence-corrected chi connectivity index (χ2v) is 3.89. The van der Waals surface area contributed by atoms with E-state index in [4.69, 9.17) is 9.29 Å². The maximum atomic E-state index is 9.44. The van der Waals surface area contributed by atoms with Gasteiger partial charge in [0.05, 0.1) is 6.26 Å². The zero-order chi connectivity index (χ0) is 12.2. The van der Waals surface area contributed by atoms with E-state index in [-0.39, 0.29) is 5.78 Å². The molecule has 0 atom stereocenters. The summed E-state index contributed by atoms with van der Waals surface area (Å²) in [4.78, 5) is 9.44. The van der Waals surface area contributed by atoms with Gasteiger partial charge in [-0.1, -0.05) is 0 Å². The molecule has 0 bridgehead atoms. The van der Waals surface area contributed by atoms with Crippen LogP contribution in [0.2, 0.25) is 0 Å². The number of hydrogen-bond donors (Lipinski definition) is 1. The molecule has 0 unspecified atom stereocenters. The normalized spacial score (nSPS) is 9.00. The first-order valence-electron chi connectivity index (χ1n) is 4.12. The Morgan fingerprint density at radius 2 is 1.36 bits per heavy atom. The van der Waals surface area contributed by atoms with Gasteiger partial charge in [0.1, 0.15) is 5.78 Å². The molecule has 0 aromatic heterocycles. The smallest absolute Gasteiger partial charge is 0.261 e. The van der Waals surface area contributed by atoms with Gasteiger partial charge in [-0.2, -0.15) is 8.42 Å². The Balaban J connectivity index is -0.000000131. The van der Waals surface area contributed by atoms with E-state index in [1.54, 1.807) is 0 Å². The van der Waals surface area contributed by atoms with Crippen molar-refractivity contribution in [1.82, 2.24) is 0 Å². The summed E-state index contributed by atoms with van der Waals surface area (Å²) in [6, 6.07) is 0. The van der Waals surface area contributed by atoms with Crippen molar-refractivity contribution >= 4 is 15.9 Å². The molecule has 0 aromatic carbocycles. The first-order chi connectivity index (χ1) is 6.15. The summed E-state index contributed by atoms with van der Waals surface area (Å²) in [6.45, 7) is 8.72. The van der Waals surface area contributed by atoms with Gasteiger partial charge in [-0.05, 0) is 27.7 Å². The number of ether oxygens (including phenoxy) is 1. The summed E-state index contributed by atoms with van der Waals surface area (Å²) in [5.41, 5.74) is 0. The van der Waals surface area contributed by atoms with Gasteiger partial charge in [0, 0.05) is 13.2 Å². The van der Waals surface area contributed by atoms with Crippen molar-refractivity contribution in [1.29, 1.82) is 0 Å². The fourth-order valence-corrected chi connectivity index (χ4v) is 0.204. The lowest BCUT2D eigenvalue weighted by molar-refractivity contribution is -0.114. The average molecular weight is 228 g/mol. The van der Waals surface area contributed by atoms with Gasteiger partial charge in [-0.15, -0.1) is 0 Å². The molecule has 6 heteroatoms. The van der Waals surface area contributed by atoms with Gasteiger partial charge >= 0.3 is 0 Å². The zero-order valence-electron chi connectivity index (χ0n) is 9.40. The second kappa shape index (κ2) is 12.5. The van der Waals surface area contributed by atoms with Crippen molar-refractivity contribution in [2.45, 2.75) is 27.7 Å². The summed E-state index contributed by atoms with van der Waals surface area (Å²) in [5.74, 6) is 0.167. The van der Waals surface area contributed by atoms with Crippen LogP contribution in [0.5, 0.6) is 0 Å². The van der Waals surface area contributed by atoms with Gasteiger partial charge in [0.15, 0.2) is 0 Å². The van der Waals surface area contributed by atoms with Crippen molar-refractivity contribution in [3.05, 3.63) is 0 Å². The van der Waals surface area contributed by atoms with Crippen LogP contribution in [0.3, 0.4) is 0 Å². The Bertz CT molecular complexity index is 194. The van der Waals surface area contributed by atoms with E-state index in [0.29, 0.717) is 6.26 Å². The molecule has 0 saturated heterocycles. The molecular formula is C8H20O5S. The summed E-state index contributed by atoms with van der Waals surface area (Å²) in [5, 5.41) is 0. The van der Waals surface area contributed by atoms with Gasteiger partial charge in [0.25, 0.3) is 10.1 Å². The fraction of sp³-hybridized carbons (Fsp3) is 0.875. The van der Waals surface area contributed by atoms with Gasteiger partial charge in [-0.25, -0.2) is 0 Å². The molecule has 0 rings (SSSR count). The molecule has 0 spiro atoms. The van der Waals surface area contributed by atoms with Crippen LogP contribution in [-0.4, -0.2) is 38.2 Å². The predicted molar refractivity (Wildman–Crippen MR) is 56.0 cm³/mol. The average Bonchev–Trinajstić information content (AvgIpc) is 1.83. The van der Waals surface area contributed by atoms with E-state index in [1.807, 2.05) is 13.8 Å². The van der Waals surface area contributed by atoms with Crippen LogP contribution < -0.4 is 0 Å². The molecule has 0 saturated carbocycles. The highest BCUT2D eigenvalue weighted by molar-refractivity contribution is 7.85. The maximum Gasteiger partial charge on any atom is 0.261 e. The molecule has 88 valence electrons. The van der Waals surface area contributed by atoms with Gasteiger partial charge < -0.3 is 9.53 Å². The third kappa shape index (κ3) is 541. The van der Waals surface area contributed by atoms with Crippen LogP contribution in [0, 0.1) is 0 Å². The summed E-state index contributed by atoms with van der Waals surface area (Å²) in [7, 11) is -3.67. The molecular weight excluding hydrogens is 208 g/mol. The van der Waals surface area contributed by atoms with Crippen molar-refractivity contribution in [2.75, 3.05) is 19.5 Å². The monoisotopic (exact) mass is 228 g/mol. The van der Waals surface area contributed by atoms with Gasteiger partial charge in [-0.3, -0.25) is 4.55 Å². The Morgan fingerprint density at radius 3 is 1.36 bits per heavy atom. The molecule has 0 aliphatic rings. The van der Waals surface area contributed by atoms with Crippen LogP contribution in [-0.2, 0) is 19.6 Å². The quantitative estimate of drug-likeness (QED) is 0.717. The molecule has 0 aliphatic heterocycles. The van der Waals surface area contributed by atoms with E-state index < -0.39 is 10.1 Å². The number of hydrogen-bond acceptors (Lipinski definition) is 4. The lowest BCUT2D eigenvalue weighted by atomic mass is 10.6. The topological polar surface area (TPSA) is 80.7 Å². The van der Waals surface area contributed by atoms with Crippen molar-refractivity contribution in [3.8, 4) is 0 Å². The van der Waals surface area contributed by atoms with Crippen LogP contribution in [0.25, 0.3) is 0 Å². The second-order valence-electron chi connectivity index (χ2n) is 2.42. The molecule has 0 aliphatic carbocycles. The minimum Gasteiger partial charge on any atom is -0.382 e. The highest BCUT2D eigenvalue weighted by Crippen LogP contribution is 1.64. The summed E-state index contributed by atoms with van der Waals surface area (Å²) < 4.78 is 30.7. The Kier molecular flexibility index (Phi) is 17.2. The van der Waals surface area contributed by atoms with Crippen molar-refractivity contribution in [2.24, 2.45) is 0 Å². The lowest BCUT2D eigenvalue weighted by Crippen LogP contribution is -1.88. The Labute approximate surface area is 86.2 Å². The highest BCUT2D eigenvalue weighted by atomic mass is 32.2. The molecule has 1 N–H and O–H groups in total.